The van der Waals surface area contributed by atoms with E-state index < -0.39 is 12.6 Å². The highest BCUT2D eigenvalue weighted by Gasteiger charge is 2.25. The molecule has 0 bridgehead atoms. The number of halogens is 4. The highest BCUT2D eigenvalue weighted by atomic mass is 79.9. The van der Waals surface area contributed by atoms with Gasteiger partial charge >= 0.3 is 6.18 Å². The Morgan fingerprint density at radius 3 is 2.65 bits per heavy atom. The molecule has 1 aromatic heterocycles. The van der Waals surface area contributed by atoms with Crippen molar-refractivity contribution in [2.24, 2.45) is 0 Å². The maximum atomic E-state index is 11.9. The van der Waals surface area contributed by atoms with Crippen molar-refractivity contribution in [2.45, 2.75) is 32.4 Å². The third-order valence-corrected chi connectivity index (χ3v) is 2.41. The molecule has 1 N–H and O–H groups in total. The number of aromatic nitrogens is 2. The number of aryl methyl sites for hydroxylation is 1. The molecule has 7 heteroatoms. The zero-order valence-corrected chi connectivity index (χ0v) is 10.9. The van der Waals surface area contributed by atoms with Gasteiger partial charge in [0.1, 0.15) is 16.2 Å². The van der Waals surface area contributed by atoms with E-state index in [0.717, 1.165) is 0 Å². The van der Waals surface area contributed by atoms with Crippen LogP contribution in [0.15, 0.2) is 10.7 Å². The summed E-state index contributed by atoms with van der Waals surface area (Å²) in [4.78, 5) is 8.26. The molecule has 17 heavy (non-hydrogen) atoms. The van der Waals surface area contributed by atoms with Gasteiger partial charge in [-0.1, -0.05) is 6.92 Å². The lowest BCUT2D eigenvalue weighted by Gasteiger charge is -2.08. The van der Waals surface area contributed by atoms with E-state index in [1.165, 1.54) is 0 Å². The van der Waals surface area contributed by atoms with Crippen molar-refractivity contribution >= 4 is 21.7 Å². The highest BCUT2D eigenvalue weighted by molar-refractivity contribution is 9.10. The summed E-state index contributed by atoms with van der Waals surface area (Å²) in [7, 11) is 0. The fraction of sp³-hybridized carbons (Fsp3) is 0.600. The molecule has 3 nitrogen and oxygen atoms in total. The molecule has 0 aliphatic rings. The number of alkyl halides is 3. The summed E-state index contributed by atoms with van der Waals surface area (Å²) >= 11 is 3.22. The van der Waals surface area contributed by atoms with Crippen LogP contribution in [0.2, 0.25) is 0 Å². The fourth-order valence-corrected chi connectivity index (χ4v) is 1.64. The first kappa shape index (κ1) is 14.2. The van der Waals surface area contributed by atoms with E-state index in [-0.39, 0.29) is 13.0 Å². The Kier molecular flexibility index (Phi) is 5.17. The Labute approximate surface area is 106 Å². The Hall–Kier alpha value is -0.850. The van der Waals surface area contributed by atoms with Gasteiger partial charge in [-0.15, -0.1) is 0 Å². The average molecular weight is 312 g/mol. The summed E-state index contributed by atoms with van der Waals surface area (Å²) in [6, 6.07) is 1.65. The van der Waals surface area contributed by atoms with Gasteiger partial charge < -0.3 is 5.32 Å². The van der Waals surface area contributed by atoms with Gasteiger partial charge in [-0.25, -0.2) is 9.97 Å². The first-order chi connectivity index (χ1) is 7.90. The third-order valence-electron chi connectivity index (χ3n) is 2.00. The van der Waals surface area contributed by atoms with Gasteiger partial charge in [-0.2, -0.15) is 13.2 Å². The number of hydrogen-bond acceptors (Lipinski definition) is 3. The van der Waals surface area contributed by atoms with Gasteiger partial charge in [0.25, 0.3) is 0 Å². The van der Waals surface area contributed by atoms with Crippen molar-refractivity contribution in [1.82, 2.24) is 9.97 Å². The molecule has 0 saturated carbocycles. The van der Waals surface area contributed by atoms with Crippen molar-refractivity contribution in [3.05, 3.63) is 16.5 Å². The molecule has 0 aliphatic carbocycles. The van der Waals surface area contributed by atoms with Crippen molar-refractivity contribution in [3.8, 4) is 0 Å². The van der Waals surface area contributed by atoms with Crippen LogP contribution in [0.25, 0.3) is 0 Å². The van der Waals surface area contributed by atoms with Crippen LogP contribution < -0.4 is 5.32 Å². The second-order valence-corrected chi connectivity index (χ2v) is 4.30. The van der Waals surface area contributed by atoms with Gasteiger partial charge in [0.15, 0.2) is 0 Å². The second kappa shape index (κ2) is 6.18. The summed E-state index contributed by atoms with van der Waals surface area (Å²) in [6.45, 7) is 2.15. The third kappa shape index (κ3) is 5.86. The molecule has 0 atom stereocenters. The summed E-state index contributed by atoms with van der Waals surface area (Å²) in [5, 5.41) is 2.85. The minimum absolute atomic E-state index is 0.0343. The molecule has 0 fully saturated rings. The van der Waals surface area contributed by atoms with E-state index in [1.807, 2.05) is 6.92 Å². The van der Waals surface area contributed by atoms with Crippen molar-refractivity contribution < 1.29 is 13.2 Å². The van der Waals surface area contributed by atoms with E-state index in [2.05, 4.69) is 31.2 Å². The molecule has 1 aromatic rings. The average Bonchev–Trinajstić information content (AvgIpc) is 2.22. The first-order valence-electron chi connectivity index (χ1n) is 5.25. The van der Waals surface area contributed by atoms with E-state index in [4.69, 9.17) is 0 Å². The largest absolute Gasteiger partial charge is 0.389 e. The number of nitrogens with zero attached hydrogens (tertiary/aromatic N) is 2. The van der Waals surface area contributed by atoms with Crippen LogP contribution in [0.3, 0.4) is 0 Å². The zero-order valence-electron chi connectivity index (χ0n) is 9.31. The van der Waals surface area contributed by atoms with Crippen molar-refractivity contribution in [2.75, 3.05) is 11.9 Å². The molecule has 0 aromatic carbocycles. The lowest BCUT2D eigenvalue weighted by Crippen LogP contribution is -2.12. The maximum Gasteiger partial charge on any atom is 0.389 e. The Morgan fingerprint density at radius 2 is 2.06 bits per heavy atom. The molecule has 0 spiro atoms. The van der Waals surface area contributed by atoms with Crippen molar-refractivity contribution in [3.63, 3.8) is 0 Å². The van der Waals surface area contributed by atoms with Crippen LogP contribution in [-0.2, 0) is 6.42 Å². The molecule has 0 radical (unpaired) electrons. The highest BCUT2D eigenvalue weighted by Crippen LogP contribution is 2.21. The van der Waals surface area contributed by atoms with Crippen LogP contribution >= 0.6 is 15.9 Å². The number of hydrogen-bond donors (Lipinski definition) is 1. The summed E-state index contributed by atoms with van der Waals surface area (Å²) in [5.41, 5.74) is 0. The van der Waals surface area contributed by atoms with Gasteiger partial charge in [0.05, 0.1) is 0 Å². The van der Waals surface area contributed by atoms with Gasteiger partial charge in [-0.3, -0.25) is 0 Å². The maximum absolute atomic E-state index is 11.9. The number of anilines is 1. The van der Waals surface area contributed by atoms with Crippen molar-refractivity contribution in [1.29, 1.82) is 0 Å². The van der Waals surface area contributed by atoms with Crippen LogP contribution in [0, 0.1) is 0 Å². The molecular weight excluding hydrogens is 299 g/mol. The minimum Gasteiger partial charge on any atom is -0.370 e. The monoisotopic (exact) mass is 311 g/mol. The number of nitrogens with one attached hydrogen (secondary N) is 1. The quantitative estimate of drug-likeness (QED) is 0.667. The lowest BCUT2D eigenvalue weighted by atomic mass is 10.3. The molecule has 96 valence electrons. The van der Waals surface area contributed by atoms with E-state index >= 15 is 0 Å². The fourth-order valence-electron chi connectivity index (χ4n) is 1.22. The van der Waals surface area contributed by atoms with Gasteiger partial charge in [-0.05, 0) is 22.4 Å². The second-order valence-electron chi connectivity index (χ2n) is 3.49. The molecule has 0 aliphatic heterocycles. The molecule has 0 unspecified atom stereocenters. The topological polar surface area (TPSA) is 37.8 Å². The number of rotatable bonds is 5. The molecular formula is C10H13BrF3N3. The summed E-state index contributed by atoms with van der Waals surface area (Å²) < 4.78 is 36.3. The predicted molar refractivity (Wildman–Crippen MR) is 62.9 cm³/mol. The van der Waals surface area contributed by atoms with Gasteiger partial charge in [0.2, 0.25) is 0 Å². The lowest BCUT2D eigenvalue weighted by molar-refractivity contribution is -0.134. The predicted octanol–water partition coefficient (Wildman–Crippen LogP) is 3.56. The summed E-state index contributed by atoms with van der Waals surface area (Å²) in [6.07, 6.45) is -4.17. The van der Waals surface area contributed by atoms with Crippen LogP contribution in [0.1, 0.15) is 25.6 Å². The van der Waals surface area contributed by atoms with Crippen LogP contribution in [0.5, 0.6) is 0 Å². The SMILES string of the molecule is CCc1nc(Br)cc(NCCCC(F)(F)F)n1. The molecule has 0 amide bonds. The van der Waals surface area contributed by atoms with Crippen LogP contribution in [-0.4, -0.2) is 22.7 Å². The van der Waals surface area contributed by atoms with Gasteiger partial charge in [0, 0.05) is 25.5 Å². The van der Waals surface area contributed by atoms with E-state index in [0.29, 0.717) is 22.7 Å². The molecule has 1 rings (SSSR count). The Balaban J connectivity index is 2.44. The zero-order chi connectivity index (χ0) is 12.9. The molecule has 0 saturated heterocycles. The Bertz CT molecular complexity index is 368. The Morgan fingerprint density at radius 1 is 1.35 bits per heavy atom. The normalized spacial score (nSPS) is 11.6. The smallest absolute Gasteiger partial charge is 0.370 e. The standard InChI is InChI=1S/C10H13BrF3N3/c1-2-8-16-7(11)6-9(17-8)15-5-3-4-10(12,13)14/h6H,2-5H2,1H3,(H,15,16,17). The molecule has 1 heterocycles. The summed E-state index contributed by atoms with van der Waals surface area (Å²) in [5.74, 6) is 1.20. The first-order valence-corrected chi connectivity index (χ1v) is 6.04. The van der Waals surface area contributed by atoms with E-state index in [9.17, 15) is 13.2 Å². The van der Waals surface area contributed by atoms with E-state index in [1.54, 1.807) is 6.07 Å². The van der Waals surface area contributed by atoms with Crippen LogP contribution in [0.4, 0.5) is 19.0 Å². The minimum atomic E-state index is -4.09.